The number of amides is 2. The molecule has 0 saturated carbocycles. The van der Waals surface area contributed by atoms with Crippen molar-refractivity contribution >= 4 is 27.5 Å². The van der Waals surface area contributed by atoms with Crippen molar-refractivity contribution < 1.29 is 36.3 Å². The number of nitrogens with one attached hydrogen (secondary N) is 1. The van der Waals surface area contributed by atoms with Crippen LogP contribution in [0.2, 0.25) is 0 Å². The van der Waals surface area contributed by atoms with E-state index in [4.69, 9.17) is 9.47 Å². The zero-order valence-electron chi connectivity index (χ0n) is 23.8. The Morgan fingerprint density at radius 2 is 1.60 bits per heavy atom. The number of sulfonamides is 1. The SMILES string of the molecule is C[C@@H](C(=O)NC(C)(C)C)N(Cc1ccccc1F)C(=O)CN(c1ccc(F)cc1)S(=O)(=O)c1ccc2c(c1)OCCO2. The molecule has 1 atom stereocenters. The molecular formula is C30H33F2N3O6S. The molecule has 1 aliphatic rings. The Hall–Kier alpha value is -4.19. The number of fused-ring (bicyclic) bond motifs is 1. The van der Waals surface area contributed by atoms with E-state index in [9.17, 15) is 26.8 Å². The van der Waals surface area contributed by atoms with Crippen molar-refractivity contribution in [2.24, 2.45) is 0 Å². The highest BCUT2D eigenvalue weighted by atomic mass is 32.2. The van der Waals surface area contributed by atoms with Gasteiger partial charge in [0, 0.05) is 23.7 Å². The van der Waals surface area contributed by atoms with Gasteiger partial charge in [0.05, 0.1) is 10.6 Å². The van der Waals surface area contributed by atoms with Gasteiger partial charge in [-0.2, -0.15) is 0 Å². The summed E-state index contributed by atoms with van der Waals surface area (Å²) in [5.74, 6) is -1.87. The van der Waals surface area contributed by atoms with Gasteiger partial charge in [0.25, 0.3) is 10.0 Å². The van der Waals surface area contributed by atoms with Crippen molar-refractivity contribution in [1.29, 1.82) is 0 Å². The number of rotatable bonds is 9. The number of hydrogen-bond acceptors (Lipinski definition) is 6. The lowest BCUT2D eigenvalue weighted by Crippen LogP contribution is -2.54. The molecule has 1 heterocycles. The fraction of sp³-hybridized carbons (Fsp3) is 0.333. The number of anilines is 1. The molecular weight excluding hydrogens is 568 g/mol. The smallest absolute Gasteiger partial charge is 0.264 e. The number of ether oxygens (including phenoxy) is 2. The van der Waals surface area contributed by atoms with Crippen LogP contribution in [0.4, 0.5) is 14.5 Å². The van der Waals surface area contributed by atoms with Gasteiger partial charge >= 0.3 is 0 Å². The maximum absolute atomic E-state index is 14.7. The van der Waals surface area contributed by atoms with Gasteiger partial charge in [-0.3, -0.25) is 13.9 Å². The van der Waals surface area contributed by atoms with Crippen LogP contribution >= 0.6 is 0 Å². The minimum absolute atomic E-state index is 0.0114. The normalized spacial score (nSPS) is 13.7. The van der Waals surface area contributed by atoms with Crippen LogP contribution in [0.3, 0.4) is 0 Å². The van der Waals surface area contributed by atoms with E-state index >= 15 is 0 Å². The molecule has 4 rings (SSSR count). The molecule has 0 bridgehead atoms. The standard InChI is InChI=1S/C30H33F2N3O6S/c1-20(29(37)33-30(2,3)4)34(18-21-7-5-6-8-25(21)32)28(36)19-35(23-11-9-22(31)10-12-23)42(38,39)24-13-14-26-27(17-24)41-16-15-40-26/h5-14,17,20H,15-16,18-19H2,1-4H3,(H,33,37)/t20-/m0/s1. The van der Waals surface area contributed by atoms with Gasteiger partial charge in [-0.25, -0.2) is 17.2 Å². The first-order chi connectivity index (χ1) is 19.8. The molecule has 0 radical (unpaired) electrons. The molecule has 12 heteroatoms. The van der Waals surface area contributed by atoms with Crippen molar-refractivity contribution in [2.45, 2.75) is 50.7 Å². The number of benzene rings is 3. The average Bonchev–Trinajstić information content (AvgIpc) is 2.94. The summed E-state index contributed by atoms with van der Waals surface area (Å²) < 4.78 is 68.3. The molecule has 0 aliphatic carbocycles. The van der Waals surface area contributed by atoms with Gasteiger partial charge in [-0.1, -0.05) is 18.2 Å². The van der Waals surface area contributed by atoms with Crippen LogP contribution in [-0.2, 0) is 26.2 Å². The van der Waals surface area contributed by atoms with E-state index in [-0.39, 0.29) is 35.0 Å². The quantitative estimate of drug-likeness (QED) is 0.393. The number of nitrogens with zero attached hydrogens (tertiary/aromatic N) is 2. The first kappa shape index (κ1) is 30.8. The van der Waals surface area contributed by atoms with Gasteiger partial charge in [-0.05, 0) is 70.2 Å². The molecule has 1 aliphatic heterocycles. The van der Waals surface area contributed by atoms with Crippen LogP contribution in [0.25, 0.3) is 0 Å². The fourth-order valence-electron chi connectivity index (χ4n) is 4.31. The fourth-order valence-corrected chi connectivity index (χ4v) is 5.74. The molecule has 2 amide bonds. The second-order valence-electron chi connectivity index (χ2n) is 10.8. The Bertz CT molecular complexity index is 1560. The van der Waals surface area contributed by atoms with Crippen molar-refractivity contribution in [3.63, 3.8) is 0 Å². The Morgan fingerprint density at radius 3 is 2.24 bits per heavy atom. The molecule has 0 fully saturated rings. The van der Waals surface area contributed by atoms with E-state index in [1.807, 2.05) is 0 Å². The lowest BCUT2D eigenvalue weighted by atomic mass is 10.1. The maximum Gasteiger partial charge on any atom is 0.264 e. The first-order valence-corrected chi connectivity index (χ1v) is 14.7. The summed E-state index contributed by atoms with van der Waals surface area (Å²) >= 11 is 0. The third-order valence-electron chi connectivity index (χ3n) is 6.46. The highest BCUT2D eigenvalue weighted by Crippen LogP contribution is 2.34. The lowest BCUT2D eigenvalue weighted by molar-refractivity contribution is -0.140. The third kappa shape index (κ3) is 7.17. The minimum Gasteiger partial charge on any atom is -0.486 e. The lowest BCUT2D eigenvalue weighted by Gasteiger charge is -2.33. The molecule has 3 aromatic carbocycles. The molecule has 224 valence electrons. The van der Waals surface area contributed by atoms with E-state index in [2.05, 4.69) is 5.32 Å². The Morgan fingerprint density at radius 1 is 0.952 bits per heavy atom. The van der Waals surface area contributed by atoms with Gasteiger partial charge in [0.2, 0.25) is 11.8 Å². The predicted octanol–water partition coefficient (Wildman–Crippen LogP) is 4.26. The van der Waals surface area contributed by atoms with Gasteiger partial charge < -0.3 is 19.7 Å². The topological polar surface area (TPSA) is 105 Å². The highest BCUT2D eigenvalue weighted by molar-refractivity contribution is 7.92. The van der Waals surface area contributed by atoms with Crippen molar-refractivity contribution in [3.8, 4) is 11.5 Å². The van der Waals surface area contributed by atoms with Gasteiger partial charge in [0.15, 0.2) is 11.5 Å². The first-order valence-electron chi connectivity index (χ1n) is 13.3. The summed E-state index contributed by atoms with van der Waals surface area (Å²) in [6, 6.07) is 13.4. The van der Waals surface area contributed by atoms with E-state index in [0.717, 1.165) is 21.3 Å². The summed E-state index contributed by atoms with van der Waals surface area (Å²) in [5.41, 5.74) is -0.471. The Balaban J connectivity index is 1.73. The van der Waals surface area contributed by atoms with Crippen LogP contribution in [0.5, 0.6) is 11.5 Å². The molecule has 1 N–H and O–H groups in total. The summed E-state index contributed by atoms with van der Waals surface area (Å²) in [5, 5.41) is 2.81. The van der Waals surface area contributed by atoms with Crippen LogP contribution < -0.4 is 19.1 Å². The van der Waals surface area contributed by atoms with Crippen molar-refractivity contribution in [1.82, 2.24) is 10.2 Å². The summed E-state index contributed by atoms with van der Waals surface area (Å²) in [6.07, 6.45) is 0. The highest BCUT2D eigenvalue weighted by Gasteiger charge is 2.34. The number of carbonyl (C=O) groups excluding carboxylic acids is 2. The van der Waals surface area contributed by atoms with Crippen molar-refractivity contribution in [2.75, 3.05) is 24.1 Å². The van der Waals surface area contributed by atoms with Crippen LogP contribution in [0.1, 0.15) is 33.3 Å². The van der Waals surface area contributed by atoms with Crippen LogP contribution in [0.15, 0.2) is 71.6 Å². The second kappa shape index (κ2) is 12.4. The zero-order chi connectivity index (χ0) is 30.7. The molecule has 0 aromatic heterocycles. The molecule has 3 aromatic rings. The maximum atomic E-state index is 14.7. The summed E-state index contributed by atoms with van der Waals surface area (Å²) in [4.78, 5) is 28.0. The van der Waals surface area contributed by atoms with Crippen LogP contribution in [-0.4, -0.2) is 56.5 Å². The summed E-state index contributed by atoms with van der Waals surface area (Å²) in [6.45, 7) is 6.29. The van der Waals surface area contributed by atoms with E-state index in [1.54, 1.807) is 26.8 Å². The zero-order valence-corrected chi connectivity index (χ0v) is 24.6. The summed E-state index contributed by atoms with van der Waals surface area (Å²) in [7, 11) is -4.43. The number of hydrogen-bond donors (Lipinski definition) is 1. The van der Waals surface area contributed by atoms with E-state index in [0.29, 0.717) is 12.4 Å². The van der Waals surface area contributed by atoms with Gasteiger partial charge in [0.1, 0.15) is 37.4 Å². The monoisotopic (exact) mass is 601 g/mol. The number of carbonyl (C=O) groups is 2. The molecule has 0 spiro atoms. The van der Waals surface area contributed by atoms with E-state index in [1.165, 1.54) is 55.5 Å². The van der Waals surface area contributed by atoms with E-state index < -0.39 is 51.6 Å². The second-order valence-corrected chi connectivity index (χ2v) is 12.7. The molecule has 9 nitrogen and oxygen atoms in total. The van der Waals surface area contributed by atoms with Crippen LogP contribution in [0, 0.1) is 11.6 Å². The average molecular weight is 602 g/mol. The molecule has 0 unspecified atom stereocenters. The predicted molar refractivity (Wildman–Crippen MR) is 153 cm³/mol. The van der Waals surface area contributed by atoms with Crippen molar-refractivity contribution in [3.05, 3.63) is 83.9 Å². The largest absolute Gasteiger partial charge is 0.486 e. The Labute approximate surface area is 244 Å². The molecule has 42 heavy (non-hydrogen) atoms. The van der Waals surface area contributed by atoms with Gasteiger partial charge in [-0.15, -0.1) is 0 Å². The third-order valence-corrected chi connectivity index (χ3v) is 8.23. The number of halogens is 2. The molecule has 0 saturated heterocycles. The minimum atomic E-state index is -4.43. The Kier molecular flexibility index (Phi) is 9.05.